The molecule has 164 valence electrons. The Morgan fingerprint density at radius 1 is 1.00 bits per heavy atom. The van der Waals surface area contributed by atoms with Crippen molar-refractivity contribution in [2.75, 3.05) is 23.4 Å². The van der Waals surface area contributed by atoms with Crippen LogP contribution in [0, 0.1) is 5.92 Å². The van der Waals surface area contributed by atoms with Gasteiger partial charge in [-0.1, -0.05) is 51.1 Å². The Morgan fingerprint density at radius 3 is 2.23 bits per heavy atom. The van der Waals surface area contributed by atoms with E-state index in [2.05, 4.69) is 26.1 Å². The second-order valence-electron chi connectivity index (χ2n) is 7.74. The van der Waals surface area contributed by atoms with E-state index in [1.165, 1.54) is 5.56 Å². The van der Waals surface area contributed by atoms with Crippen molar-refractivity contribution in [2.24, 2.45) is 5.92 Å². The average molecular weight is 423 g/mol. The Balaban J connectivity index is 1.58. The summed E-state index contributed by atoms with van der Waals surface area (Å²) in [5, 5.41) is 2.72. The molecule has 6 nitrogen and oxygen atoms in total. The third-order valence-electron chi connectivity index (χ3n) is 5.68. The van der Waals surface area contributed by atoms with E-state index in [4.69, 9.17) is 4.74 Å². The lowest BCUT2D eigenvalue weighted by Gasteiger charge is -2.23. The Morgan fingerprint density at radius 2 is 1.65 bits per heavy atom. The van der Waals surface area contributed by atoms with Crippen molar-refractivity contribution in [2.45, 2.75) is 46.5 Å². The number of para-hydroxylation sites is 1. The van der Waals surface area contributed by atoms with E-state index < -0.39 is 17.8 Å². The van der Waals surface area contributed by atoms with Crippen LogP contribution in [0.1, 0.15) is 43.9 Å². The van der Waals surface area contributed by atoms with Gasteiger partial charge in [-0.2, -0.15) is 0 Å². The van der Waals surface area contributed by atoms with Gasteiger partial charge in [-0.05, 0) is 48.1 Å². The predicted molar refractivity (Wildman–Crippen MR) is 121 cm³/mol. The molecule has 3 rings (SSSR count). The maximum Gasteiger partial charge on any atom is 0.311 e. The maximum atomic E-state index is 12.7. The second-order valence-corrected chi connectivity index (χ2v) is 7.74. The molecular weight excluding hydrogens is 392 g/mol. The highest BCUT2D eigenvalue weighted by atomic mass is 16.5. The van der Waals surface area contributed by atoms with Gasteiger partial charge in [0.1, 0.15) is 0 Å². The molecule has 1 heterocycles. The molecule has 1 N–H and O–H groups in total. The average Bonchev–Trinajstić information content (AvgIpc) is 3.18. The van der Waals surface area contributed by atoms with Crippen LogP contribution in [0.5, 0.6) is 0 Å². The van der Waals surface area contributed by atoms with Crippen LogP contribution in [0.25, 0.3) is 0 Å². The van der Waals surface area contributed by atoms with E-state index in [1.54, 1.807) is 4.90 Å². The summed E-state index contributed by atoms with van der Waals surface area (Å²) in [7, 11) is 0. The Hall–Kier alpha value is -3.15. The molecule has 0 saturated carbocycles. The molecule has 1 fully saturated rings. The molecular formula is C25H30N2O4. The number of ether oxygens (including phenoxy) is 1. The van der Waals surface area contributed by atoms with Gasteiger partial charge < -0.3 is 15.0 Å². The smallest absolute Gasteiger partial charge is 0.311 e. The molecule has 31 heavy (non-hydrogen) atoms. The van der Waals surface area contributed by atoms with Crippen LogP contribution in [0.15, 0.2) is 42.5 Å². The highest BCUT2D eigenvalue weighted by molar-refractivity contribution is 6.01. The van der Waals surface area contributed by atoms with Crippen molar-refractivity contribution in [1.29, 1.82) is 0 Å². The minimum atomic E-state index is -0.571. The molecule has 0 spiro atoms. The number of benzene rings is 2. The van der Waals surface area contributed by atoms with E-state index in [9.17, 15) is 14.4 Å². The summed E-state index contributed by atoms with van der Waals surface area (Å²) in [6.45, 7) is 6.08. The van der Waals surface area contributed by atoms with Gasteiger partial charge in [0.05, 0.1) is 5.92 Å². The zero-order chi connectivity index (χ0) is 22.4. The highest BCUT2D eigenvalue weighted by Gasteiger charge is 2.37. The number of esters is 1. The fourth-order valence-corrected chi connectivity index (χ4v) is 3.92. The van der Waals surface area contributed by atoms with Crippen LogP contribution >= 0.6 is 0 Å². The Labute approximate surface area is 183 Å². The van der Waals surface area contributed by atoms with Crippen molar-refractivity contribution in [3.8, 4) is 0 Å². The first-order valence-electron chi connectivity index (χ1n) is 10.9. The van der Waals surface area contributed by atoms with Crippen molar-refractivity contribution in [1.82, 2.24) is 0 Å². The summed E-state index contributed by atoms with van der Waals surface area (Å²) in [4.78, 5) is 39.1. The summed E-state index contributed by atoms with van der Waals surface area (Å²) in [6, 6.07) is 13.6. The number of aryl methyl sites for hydroxylation is 3. The van der Waals surface area contributed by atoms with Gasteiger partial charge in [0.25, 0.3) is 5.91 Å². The molecule has 0 radical (unpaired) electrons. The number of anilines is 2. The lowest BCUT2D eigenvalue weighted by atomic mass is 10.0. The molecule has 1 aliphatic heterocycles. The number of nitrogens with one attached hydrogen (secondary N) is 1. The molecule has 0 aliphatic carbocycles. The second kappa shape index (κ2) is 10.2. The van der Waals surface area contributed by atoms with Gasteiger partial charge in [0.2, 0.25) is 5.91 Å². The van der Waals surface area contributed by atoms with Crippen LogP contribution in [-0.2, 0) is 38.4 Å². The predicted octanol–water partition coefficient (Wildman–Crippen LogP) is 3.91. The molecule has 2 aromatic carbocycles. The summed E-state index contributed by atoms with van der Waals surface area (Å²) in [5.74, 6) is -1.57. The number of hydrogen-bond donors (Lipinski definition) is 1. The van der Waals surface area contributed by atoms with E-state index in [-0.39, 0.29) is 25.5 Å². The summed E-state index contributed by atoms with van der Waals surface area (Å²) >= 11 is 0. The lowest BCUT2D eigenvalue weighted by Crippen LogP contribution is -2.29. The first-order valence-corrected chi connectivity index (χ1v) is 10.9. The Bertz CT molecular complexity index is 930. The Kier molecular flexibility index (Phi) is 7.45. The summed E-state index contributed by atoms with van der Waals surface area (Å²) in [6.07, 6.45) is 2.63. The molecule has 6 heteroatoms. The minimum absolute atomic E-state index is 0.0852. The van der Waals surface area contributed by atoms with Crippen LogP contribution in [0.2, 0.25) is 0 Å². The summed E-state index contributed by atoms with van der Waals surface area (Å²) < 4.78 is 5.22. The third-order valence-corrected chi connectivity index (χ3v) is 5.68. The molecule has 0 unspecified atom stereocenters. The van der Waals surface area contributed by atoms with Crippen LogP contribution in [0.4, 0.5) is 11.4 Å². The van der Waals surface area contributed by atoms with E-state index in [0.717, 1.165) is 36.1 Å². The van der Waals surface area contributed by atoms with E-state index >= 15 is 0 Å². The largest absolute Gasteiger partial charge is 0.455 e. The van der Waals surface area contributed by atoms with Gasteiger partial charge in [-0.3, -0.25) is 14.4 Å². The minimum Gasteiger partial charge on any atom is -0.455 e. The standard InChI is InChI=1S/C25H30N2O4/c1-4-17-10-12-21(13-11-17)26-22(28)16-31-25(30)20-14-23(29)27(15-20)24-18(5-2)8-7-9-19(24)6-3/h7-13,20H,4-6,14-16H2,1-3H3,(H,26,28)/t20-/m1/s1. The van der Waals surface area contributed by atoms with Gasteiger partial charge >= 0.3 is 5.97 Å². The third kappa shape index (κ3) is 5.32. The lowest BCUT2D eigenvalue weighted by molar-refractivity contribution is -0.151. The normalized spacial score (nSPS) is 15.8. The first-order chi connectivity index (χ1) is 15.0. The van der Waals surface area contributed by atoms with Crippen molar-refractivity contribution in [3.63, 3.8) is 0 Å². The van der Waals surface area contributed by atoms with Crippen molar-refractivity contribution >= 4 is 29.2 Å². The molecule has 0 aromatic heterocycles. The fraction of sp³-hybridized carbons (Fsp3) is 0.400. The van der Waals surface area contributed by atoms with Crippen LogP contribution < -0.4 is 10.2 Å². The molecule has 1 saturated heterocycles. The maximum absolute atomic E-state index is 12.7. The van der Waals surface area contributed by atoms with Gasteiger partial charge in [0, 0.05) is 24.3 Å². The molecule has 2 amide bonds. The first kappa shape index (κ1) is 22.5. The molecule has 2 aromatic rings. The molecule has 0 bridgehead atoms. The summed E-state index contributed by atoms with van der Waals surface area (Å²) in [5.41, 5.74) is 4.94. The van der Waals surface area contributed by atoms with Gasteiger partial charge in [-0.25, -0.2) is 0 Å². The topological polar surface area (TPSA) is 75.7 Å². The van der Waals surface area contributed by atoms with Gasteiger partial charge in [0.15, 0.2) is 6.61 Å². The number of carbonyl (C=O) groups is 3. The van der Waals surface area contributed by atoms with Crippen LogP contribution in [-0.4, -0.2) is 30.9 Å². The number of nitrogens with zero attached hydrogens (tertiary/aromatic N) is 1. The SMILES string of the molecule is CCc1ccc(NC(=O)COC(=O)[C@@H]2CC(=O)N(c3c(CC)cccc3CC)C2)cc1. The highest BCUT2D eigenvalue weighted by Crippen LogP contribution is 2.32. The van der Waals surface area contributed by atoms with E-state index in [0.29, 0.717) is 5.69 Å². The number of rotatable bonds is 8. The zero-order valence-corrected chi connectivity index (χ0v) is 18.4. The van der Waals surface area contributed by atoms with E-state index in [1.807, 2.05) is 42.5 Å². The van der Waals surface area contributed by atoms with Crippen molar-refractivity contribution < 1.29 is 19.1 Å². The zero-order valence-electron chi connectivity index (χ0n) is 18.4. The fourth-order valence-electron chi connectivity index (χ4n) is 3.92. The monoisotopic (exact) mass is 422 g/mol. The molecule has 1 aliphatic rings. The van der Waals surface area contributed by atoms with Crippen LogP contribution in [0.3, 0.4) is 0 Å². The number of amides is 2. The van der Waals surface area contributed by atoms with Crippen molar-refractivity contribution in [3.05, 3.63) is 59.2 Å². The van der Waals surface area contributed by atoms with Gasteiger partial charge in [-0.15, -0.1) is 0 Å². The number of hydrogen-bond acceptors (Lipinski definition) is 4. The quantitative estimate of drug-likeness (QED) is 0.655. The molecule has 1 atom stereocenters. The number of carbonyl (C=O) groups excluding carboxylic acids is 3.